The summed E-state index contributed by atoms with van der Waals surface area (Å²) in [5.74, 6) is 6.72. The lowest BCUT2D eigenvalue weighted by molar-refractivity contribution is 0.105. The predicted molar refractivity (Wildman–Crippen MR) is 70.0 cm³/mol. The van der Waals surface area contributed by atoms with Gasteiger partial charge in [0, 0.05) is 31.5 Å². The third-order valence-corrected chi connectivity index (χ3v) is 3.11. The van der Waals surface area contributed by atoms with Crippen LogP contribution < -0.4 is 11.3 Å². The molecule has 1 fully saturated rings. The summed E-state index contributed by atoms with van der Waals surface area (Å²) in [5, 5.41) is 4.15. The maximum absolute atomic E-state index is 5.62. The van der Waals surface area contributed by atoms with Gasteiger partial charge in [0.2, 0.25) is 0 Å². The van der Waals surface area contributed by atoms with Crippen LogP contribution in [0.4, 0.5) is 5.82 Å². The maximum Gasteiger partial charge on any atom is 0.160 e. The number of aryl methyl sites for hydroxylation is 1. The molecule has 3 rings (SSSR count). The lowest BCUT2D eigenvalue weighted by atomic mass is 10.2. The molecule has 1 aliphatic heterocycles. The van der Waals surface area contributed by atoms with Crippen LogP contribution in [-0.2, 0) is 11.8 Å². The highest BCUT2D eigenvalue weighted by atomic mass is 16.5. The van der Waals surface area contributed by atoms with Crippen LogP contribution in [-0.4, -0.2) is 26.4 Å². The Hall–Kier alpha value is -1.99. The SMILES string of the molecule is Cn1cc(-c2cc(NN)nc(C3CCCO3)n2)cn1. The summed E-state index contributed by atoms with van der Waals surface area (Å²) < 4.78 is 7.35. The fourth-order valence-electron chi connectivity index (χ4n) is 2.17. The number of nitrogens with zero attached hydrogens (tertiary/aromatic N) is 4. The van der Waals surface area contributed by atoms with E-state index in [1.54, 1.807) is 16.9 Å². The van der Waals surface area contributed by atoms with Gasteiger partial charge >= 0.3 is 0 Å². The van der Waals surface area contributed by atoms with E-state index in [4.69, 9.17) is 10.6 Å². The molecule has 0 spiro atoms. The number of ether oxygens (including phenoxy) is 1. The minimum Gasteiger partial charge on any atom is -0.370 e. The highest BCUT2D eigenvalue weighted by Gasteiger charge is 2.22. The monoisotopic (exact) mass is 260 g/mol. The van der Waals surface area contributed by atoms with Crippen LogP contribution >= 0.6 is 0 Å². The average molecular weight is 260 g/mol. The Morgan fingerprint density at radius 3 is 3.00 bits per heavy atom. The summed E-state index contributed by atoms with van der Waals surface area (Å²) in [6.07, 6.45) is 5.62. The predicted octanol–water partition coefficient (Wildman–Crippen LogP) is 1.01. The molecule has 0 saturated carbocycles. The molecule has 3 heterocycles. The van der Waals surface area contributed by atoms with E-state index in [9.17, 15) is 0 Å². The maximum atomic E-state index is 5.62. The summed E-state index contributed by atoms with van der Waals surface area (Å²) in [7, 11) is 1.87. The Bertz CT molecular complexity index is 575. The van der Waals surface area contributed by atoms with E-state index >= 15 is 0 Å². The van der Waals surface area contributed by atoms with Gasteiger partial charge in [-0.1, -0.05) is 0 Å². The molecule has 1 aliphatic rings. The first-order valence-electron chi connectivity index (χ1n) is 6.22. The molecule has 1 unspecified atom stereocenters. The van der Waals surface area contributed by atoms with Gasteiger partial charge < -0.3 is 10.2 Å². The minimum atomic E-state index is -0.0382. The molecule has 0 radical (unpaired) electrons. The molecular formula is C12H16N6O. The number of hydrogen-bond acceptors (Lipinski definition) is 6. The number of nitrogens with two attached hydrogens (primary N) is 1. The van der Waals surface area contributed by atoms with Crippen molar-refractivity contribution in [1.29, 1.82) is 0 Å². The summed E-state index contributed by atoms with van der Waals surface area (Å²) in [4.78, 5) is 8.93. The largest absolute Gasteiger partial charge is 0.370 e. The Morgan fingerprint density at radius 2 is 2.37 bits per heavy atom. The summed E-state index contributed by atoms with van der Waals surface area (Å²) in [6.45, 7) is 0.760. The first kappa shape index (κ1) is 12.1. The number of nitrogens with one attached hydrogen (secondary N) is 1. The normalized spacial score (nSPS) is 18.7. The number of aromatic nitrogens is 4. The standard InChI is InChI=1S/C12H16N6O/c1-18-7-8(6-14-18)9-5-11(17-13)16-12(15-9)10-3-2-4-19-10/h5-7,10H,2-4,13H2,1H3,(H,15,16,17). The fourth-order valence-corrected chi connectivity index (χ4v) is 2.17. The molecule has 0 amide bonds. The summed E-state index contributed by atoms with van der Waals surface area (Å²) in [6, 6.07) is 1.80. The van der Waals surface area contributed by atoms with Crippen molar-refractivity contribution in [3.05, 3.63) is 24.3 Å². The fraction of sp³-hybridized carbons (Fsp3) is 0.417. The zero-order valence-corrected chi connectivity index (χ0v) is 10.7. The van der Waals surface area contributed by atoms with Gasteiger partial charge in [0.15, 0.2) is 5.82 Å². The van der Waals surface area contributed by atoms with E-state index in [2.05, 4.69) is 20.5 Å². The lowest BCUT2D eigenvalue weighted by Gasteiger charge is -2.11. The van der Waals surface area contributed by atoms with Gasteiger partial charge in [0.05, 0.1) is 11.9 Å². The van der Waals surface area contributed by atoms with Crippen molar-refractivity contribution in [1.82, 2.24) is 19.7 Å². The molecule has 19 heavy (non-hydrogen) atoms. The highest BCUT2D eigenvalue weighted by molar-refractivity contribution is 5.60. The van der Waals surface area contributed by atoms with E-state index < -0.39 is 0 Å². The summed E-state index contributed by atoms with van der Waals surface area (Å²) in [5.41, 5.74) is 4.30. The van der Waals surface area contributed by atoms with Crippen molar-refractivity contribution in [2.45, 2.75) is 18.9 Å². The third-order valence-electron chi connectivity index (χ3n) is 3.11. The molecule has 1 atom stereocenters. The van der Waals surface area contributed by atoms with E-state index in [1.165, 1.54) is 0 Å². The Labute approximate surface area is 110 Å². The van der Waals surface area contributed by atoms with Crippen molar-refractivity contribution in [2.24, 2.45) is 12.9 Å². The molecule has 0 aliphatic carbocycles. The third kappa shape index (κ3) is 2.42. The number of anilines is 1. The van der Waals surface area contributed by atoms with E-state index in [-0.39, 0.29) is 6.10 Å². The van der Waals surface area contributed by atoms with Crippen LogP contribution in [0, 0.1) is 0 Å². The molecule has 1 saturated heterocycles. The molecule has 2 aromatic rings. The molecule has 2 aromatic heterocycles. The first-order valence-corrected chi connectivity index (χ1v) is 6.22. The quantitative estimate of drug-likeness (QED) is 0.632. The number of hydrazine groups is 1. The van der Waals surface area contributed by atoms with Crippen LogP contribution in [0.5, 0.6) is 0 Å². The number of hydrogen-bond donors (Lipinski definition) is 2. The Kier molecular flexibility index (Phi) is 3.14. The van der Waals surface area contributed by atoms with Crippen molar-refractivity contribution in [3.63, 3.8) is 0 Å². The molecule has 0 aromatic carbocycles. The topological polar surface area (TPSA) is 90.9 Å². The number of nitrogen functional groups attached to an aromatic ring is 1. The van der Waals surface area contributed by atoms with Crippen molar-refractivity contribution < 1.29 is 4.74 Å². The zero-order valence-electron chi connectivity index (χ0n) is 10.7. The Balaban J connectivity index is 2.01. The van der Waals surface area contributed by atoms with E-state index in [0.717, 1.165) is 30.7 Å². The van der Waals surface area contributed by atoms with Crippen molar-refractivity contribution in [3.8, 4) is 11.3 Å². The van der Waals surface area contributed by atoms with Crippen molar-refractivity contribution >= 4 is 5.82 Å². The summed E-state index contributed by atoms with van der Waals surface area (Å²) >= 11 is 0. The molecule has 7 nitrogen and oxygen atoms in total. The van der Waals surface area contributed by atoms with Gasteiger partial charge in [-0.2, -0.15) is 5.10 Å². The molecule has 100 valence electrons. The zero-order chi connectivity index (χ0) is 13.2. The van der Waals surface area contributed by atoms with Gasteiger partial charge in [0.25, 0.3) is 0 Å². The van der Waals surface area contributed by atoms with Crippen LogP contribution in [0.15, 0.2) is 18.5 Å². The smallest absolute Gasteiger partial charge is 0.160 e. The Morgan fingerprint density at radius 1 is 1.47 bits per heavy atom. The van der Waals surface area contributed by atoms with Crippen molar-refractivity contribution in [2.75, 3.05) is 12.0 Å². The van der Waals surface area contributed by atoms with Gasteiger partial charge in [0.1, 0.15) is 11.9 Å². The lowest BCUT2D eigenvalue weighted by Crippen LogP contribution is -2.12. The number of rotatable bonds is 3. The van der Waals surface area contributed by atoms with Crippen LogP contribution in [0.2, 0.25) is 0 Å². The van der Waals surface area contributed by atoms with Crippen LogP contribution in [0.25, 0.3) is 11.3 Å². The van der Waals surface area contributed by atoms with Crippen LogP contribution in [0.3, 0.4) is 0 Å². The van der Waals surface area contributed by atoms with Crippen LogP contribution in [0.1, 0.15) is 24.8 Å². The highest BCUT2D eigenvalue weighted by Crippen LogP contribution is 2.28. The molecule has 0 bridgehead atoms. The second kappa shape index (κ2) is 4.94. The first-order chi connectivity index (χ1) is 9.26. The van der Waals surface area contributed by atoms with E-state index in [0.29, 0.717) is 11.6 Å². The van der Waals surface area contributed by atoms with Gasteiger partial charge in [-0.3, -0.25) is 4.68 Å². The van der Waals surface area contributed by atoms with Gasteiger partial charge in [-0.05, 0) is 12.8 Å². The van der Waals surface area contributed by atoms with Gasteiger partial charge in [-0.15, -0.1) is 0 Å². The molecular weight excluding hydrogens is 244 g/mol. The molecule has 3 N–H and O–H groups in total. The minimum absolute atomic E-state index is 0.0382. The average Bonchev–Trinajstić information content (AvgIpc) is 3.09. The van der Waals surface area contributed by atoms with E-state index in [1.807, 2.05) is 13.2 Å². The second-order valence-electron chi connectivity index (χ2n) is 4.55. The molecule has 7 heteroatoms. The van der Waals surface area contributed by atoms with Gasteiger partial charge in [-0.25, -0.2) is 15.8 Å². The second-order valence-corrected chi connectivity index (χ2v) is 4.55.